The van der Waals surface area contributed by atoms with Crippen molar-refractivity contribution in [3.63, 3.8) is 0 Å². The zero-order valence-electron chi connectivity index (χ0n) is 18.2. The van der Waals surface area contributed by atoms with Gasteiger partial charge in [0.05, 0.1) is 17.9 Å². The Morgan fingerprint density at radius 3 is 2.66 bits per heavy atom. The second kappa shape index (κ2) is 8.29. The first kappa shape index (κ1) is 20.4. The van der Waals surface area contributed by atoms with Crippen LogP contribution >= 0.6 is 11.6 Å². The highest BCUT2D eigenvalue weighted by Crippen LogP contribution is 2.45. The molecule has 5 nitrogen and oxygen atoms in total. The maximum absolute atomic E-state index is 14.2. The normalized spacial score (nSPS) is 32.4. The maximum Gasteiger partial charge on any atom is 0.149 e. The maximum atomic E-state index is 14.2. The number of nitrogens with zero attached hydrogens (tertiary/aromatic N) is 5. The first-order valence-electron chi connectivity index (χ1n) is 12.0. The van der Waals surface area contributed by atoms with E-state index in [0.29, 0.717) is 29.6 Å². The van der Waals surface area contributed by atoms with Crippen molar-refractivity contribution in [3.8, 4) is 0 Å². The number of aliphatic imine (C=N–C) groups is 1. The lowest BCUT2D eigenvalue weighted by atomic mass is 9.71. The summed E-state index contributed by atoms with van der Waals surface area (Å²) < 4.78 is 14.2. The van der Waals surface area contributed by atoms with Crippen molar-refractivity contribution in [1.29, 1.82) is 0 Å². The number of halogens is 2. The summed E-state index contributed by atoms with van der Waals surface area (Å²) in [6.45, 7) is 0. The van der Waals surface area contributed by atoms with E-state index < -0.39 is 0 Å². The van der Waals surface area contributed by atoms with Gasteiger partial charge in [0.2, 0.25) is 0 Å². The average molecular weight is 454 g/mol. The molecule has 3 aliphatic carbocycles. The Kier molecular flexibility index (Phi) is 5.28. The summed E-state index contributed by atoms with van der Waals surface area (Å²) in [6, 6.07) is 3.90. The van der Waals surface area contributed by atoms with E-state index in [9.17, 15) is 4.39 Å². The van der Waals surface area contributed by atoms with Gasteiger partial charge >= 0.3 is 0 Å². The summed E-state index contributed by atoms with van der Waals surface area (Å²) in [4.78, 5) is 11.6. The molecule has 5 aliphatic rings. The Labute approximate surface area is 193 Å². The molecule has 3 heterocycles. The van der Waals surface area contributed by atoms with Crippen LogP contribution in [0.4, 0.5) is 4.39 Å². The van der Waals surface area contributed by atoms with Crippen molar-refractivity contribution in [2.45, 2.75) is 75.8 Å². The average Bonchev–Trinajstić information content (AvgIpc) is 3.12. The fraction of sp³-hybridized carbons (Fsp3) is 0.560. The Bertz CT molecular complexity index is 1010. The van der Waals surface area contributed by atoms with E-state index >= 15 is 0 Å². The van der Waals surface area contributed by atoms with Crippen LogP contribution in [0.1, 0.15) is 69.4 Å². The van der Waals surface area contributed by atoms with E-state index in [2.05, 4.69) is 21.0 Å². The van der Waals surface area contributed by atoms with Crippen LogP contribution in [-0.2, 0) is 0 Å². The Balaban J connectivity index is 1.23. The van der Waals surface area contributed by atoms with Crippen LogP contribution in [0, 0.1) is 17.7 Å². The van der Waals surface area contributed by atoms with Crippen molar-refractivity contribution in [1.82, 2.24) is 14.9 Å². The molecule has 2 atom stereocenters. The monoisotopic (exact) mass is 453 g/mol. The minimum Gasteiger partial charge on any atom is -0.311 e. The molecule has 0 radical (unpaired) electrons. The van der Waals surface area contributed by atoms with Gasteiger partial charge in [-0.2, -0.15) is 5.10 Å². The molecule has 2 aliphatic heterocycles. The Morgan fingerprint density at radius 1 is 1.06 bits per heavy atom. The Morgan fingerprint density at radius 2 is 1.91 bits per heavy atom. The topological polar surface area (TPSA) is 44.1 Å². The molecule has 0 N–H and O–H groups in total. The third kappa shape index (κ3) is 3.47. The number of rotatable bonds is 3. The largest absolute Gasteiger partial charge is 0.311 e. The zero-order chi connectivity index (χ0) is 21.7. The van der Waals surface area contributed by atoms with Gasteiger partial charge in [-0.15, -0.1) is 0 Å². The fourth-order valence-electron chi connectivity index (χ4n) is 6.20. The molecule has 2 fully saturated rings. The summed E-state index contributed by atoms with van der Waals surface area (Å²) >= 11 is 6.39. The third-order valence-corrected chi connectivity index (χ3v) is 8.39. The van der Waals surface area contributed by atoms with Gasteiger partial charge in [-0.25, -0.2) is 9.40 Å². The van der Waals surface area contributed by atoms with Gasteiger partial charge in [-0.3, -0.25) is 9.98 Å². The van der Waals surface area contributed by atoms with Gasteiger partial charge in [0.25, 0.3) is 0 Å². The molecular formula is C25H29ClFN5. The summed E-state index contributed by atoms with van der Waals surface area (Å²) in [5.74, 6) is 2.20. The first-order chi connectivity index (χ1) is 15.7. The van der Waals surface area contributed by atoms with Crippen LogP contribution in [0.2, 0.25) is 0 Å². The van der Waals surface area contributed by atoms with E-state index in [4.69, 9.17) is 21.7 Å². The van der Waals surface area contributed by atoms with Gasteiger partial charge < -0.3 is 4.90 Å². The van der Waals surface area contributed by atoms with Crippen LogP contribution < -0.4 is 0 Å². The Hall–Kier alpha value is -2.21. The van der Waals surface area contributed by atoms with Crippen molar-refractivity contribution in [2.24, 2.45) is 21.9 Å². The van der Waals surface area contributed by atoms with E-state index in [1.165, 1.54) is 25.3 Å². The predicted octanol–water partition coefficient (Wildman–Crippen LogP) is 5.76. The van der Waals surface area contributed by atoms with Gasteiger partial charge in [0, 0.05) is 34.8 Å². The van der Waals surface area contributed by atoms with Crippen LogP contribution in [0.25, 0.3) is 0 Å². The van der Waals surface area contributed by atoms with E-state index in [1.54, 1.807) is 12.3 Å². The second-order valence-corrected chi connectivity index (χ2v) is 10.3. The van der Waals surface area contributed by atoms with E-state index in [1.807, 2.05) is 12.5 Å². The van der Waals surface area contributed by atoms with Crippen molar-refractivity contribution in [3.05, 3.63) is 53.0 Å². The summed E-state index contributed by atoms with van der Waals surface area (Å²) in [5, 5.41) is 7.97. The SMILES string of the molecule is Fc1cccnc1C1CCC(N2N=CN3C2=CN=C2C=C(Cl)CCC2C3C2CCC2)CC1. The molecule has 0 bridgehead atoms. The van der Waals surface area contributed by atoms with Crippen molar-refractivity contribution >= 4 is 23.7 Å². The minimum absolute atomic E-state index is 0.179. The molecule has 0 saturated heterocycles. The molecule has 1 aromatic rings. The standard InChI is InChI=1S/C25H29ClFN5/c26-18-8-11-20-22(13-18)29-14-23-31(25(20)17-3-1-4-17)15-30-32(23)19-9-6-16(7-10-19)24-21(27)5-2-12-28-24/h2,5,12-17,19-20,25H,1,3-4,6-11H2. The summed E-state index contributed by atoms with van der Waals surface area (Å²) in [7, 11) is 0. The van der Waals surface area contributed by atoms with Gasteiger partial charge in [0.1, 0.15) is 18.0 Å². The van der Waals surface area contributed by atoms with Crippen LogP contribution in [0.3, 0.4) is 0 Å². The highest BCUT2D eigenvalue weighted by molar-refractivity contribution is 6.31. The molecule has 32 heavy (non-hydrogen) atoms. The predicted molar refractivity (Wildman–Crippen MR) is 125 cm³/mol. The molecule has 0 spiro atoms. The lowest BCUT2D eigenvalue weighted by molar-refractivity contribution is 0.114. The fourth-order valence-corrected chi connectivity index (χ4v) is 6.42. The van der Waals surface area contributed by atoms with E-state index in [0.717, 1.165) is 55.1 Å². The number of fused-ring (bicyclic) bond motifs is 2. The first-order valence-corrected chi connectivity index (χ1v) is 12.4. The van der Waals surface area contributed by atoms with Gasteiger partial charge in [-0.1, -0.05) is 18.0 Å². The smallest absolute Gasteiger partial charge is 0.149 e. The van der Waals surface area contributed by atoms with Crippen molar-refractivity contribution < 1.29 is 4.39 Å². The molecule has 7 heteroatoms. The number of hydrazone groups is 1. The highest BCUT2D eigenvalue weighted by Gasteiger charge is 2.45. The lowest BCUT2D eigenvalue weighted by Gasteiger charge is -2.44. The molecular weight excluding hydrogens is 425 g/mol. The molecule has 0 aromatic carbocycles. The van der Waals surface area contributed by atoms with Crippen LogP contribution in [-0.4, -0.2) is 39.0 Å². The minimum atomic E-state index is -0.179. The number of hydrogen-bond acceptors (Lipinski definition) is 5. The van der Waals surface area contributed by atoms with Crippen LogP contribution in [0.5, 0.6) is 0 Å². The molecule has 6 rings (SSSR count). The number of allylic oxidation sites excluding steroid dienone is 2. The van der Waals surface area contributed by atoms with Gasteiger partial charge in [-0.05, 0) is 75.5 Å². The number of pyridine rings is 1. The molecule has 168 valence electrons. The van der Waals surface area contributed by atoms with E-state index in [-0.39, 0.29) is 11.7 Å². The molecule has 1 aromatic heterocycles. The second-order valence-electron chi connectivity index (χ2n) is 9.82. The van der Waals surface area contributed by atoms with Crippen LogP contribution in [0.15, 0.2) is 51.6 Å². The molecule has 0 amide bonds. The molecule has 2 saturated carbocycles. The third-order valence-electron chi connectivity index (χ3n) is 8.09. The summed E-state index contributed by atoms with van der Waals surface area (Å²) in [5.41, 5.74) is 1.75. The highest BCUT2D eigenvalue weighted by atomic mass is 35.5. The summed E-state index contributed by atoms with van der Waals surface area (Å²) in [6.07, 6.45) is 17.5. The number of aromatic nitrogens is 1. The zero-order valence-corrected chi connectivity index (χ0v) is 19.0. The molecule has 2 unspecified atom stereocenters. The van der Waals surface area contributed by atoms with Gasteiger partial charge in [0.15, 0.2) is 0 Å². The lowest BCUT2D eigenvalue weighted by Crippen LogP contribution is -2.49. The quantitative estimate of drug-likeness (QED) is 0.584. The van der Waals surface area contributed by atoms with Crippen molar-refractivity contribution in [2.75, 3.05) is 0 Å². The number of hydrogen-bond donors (Lipinski definition) is 0.